The molecule has 19 heteroatoms. The summed E-state index contributed by atoms with van der Waals surface area (Å²) in [6.45, 7) is 0. The number of nitrogens with two attached hydrogens (primary N) is 1. The van der Waals surface area contributed by atoms with Gasteiger partial charge in [0.2, 0.25) is 0 Å². The highest BCUT2D eigenvalue weighted by molar-refractivity contribution is 7.86. The lowest BCUT2D eigenvalue weighted by Crippen LogP contribution is -2.06. The van der Waals surface area contributed by atoms with Crippen LogP contribution < -0.4 is 5.73 Å². The Labute approximate surface area is 260 Å². The Morgan fingerprint density at radius 1 is 0.630 bits per heavy atom. The van der Waals surface area contributed by atoms with Gasteiger partial charge in [0.1, 0.15) is 15.5 Å². The normalized spacial score (nSPS) is 12.7. The number of fused-ring (bicyclic) bond motifs is 2. The minimum Gasteiger partial charge on any atom is -0.505 e. The van der Waals surface area contributed by atoms with Gasteiger partial charge in [0.05, 0.1) is 39.3 Å². The first-order valence-corrected chi connectivity index (χ1v) is 16.7. The van der Waals surface area contributed by atoms with Gasteiger partial charge in [0.25, 0.3) is 30.4 Å². The summed E-state index contributed by atoms with van der Waals surface area (Å²) in [6.07, 6.45) is 0. The van der Waals surface area contributed by atoms with Crippen molar-refractivity contribution in [3.05, 3.63) is 78.4 Å². The van der Waals surface area contributed by atoms with E-state index in [9.17, 15) is 44.0 Å². The second kappa shape index (κ2) is 11.5. The molecule has 5 aromatic rings. The van der Waals surface area contributed by atoms with E-state index in [2.05, 4.69) is 20.5 Å². The zero-order valence-electron chi connectivity index (χ0n) is 22.7. The van der Waals surface area contributed by atoms with E-state index in [0.29, 0.717) is 17.3 Å². The van der Waals surface area contributed by atoms with Crippen LogP contribution in [0.2, 0.25) is 0 Å². The molecule has 0 fully saturated rings. The summed E-state index contributed by atoms with van der Waals surface area (Å²) in [5.41, 5.74) is 5.19. The summed E-state index contributed by atoms with van der Waals surface area (Å²) >= 11 is 0. The minimum absolute atomic E-state index is 0.0188. The predicted octanol–water partition coefficient (Wildman–Crippen LogP) is 5.72. The highest BCUT2D eigenvalue weighted by atomic mass is 32.2. The van der Waals surface area contributed by atoms with Crippen molar-refractivity contribution in [3.8, 4) is 11.8 Å². The first-order chi connectivity index (χ1) is 21.5. The van der Waals surface area contributed by atoms with Gasteiger partial charge in [-0.05, 0) is 66.7 Å². The molecule has 0 aromatic heterocycles. The number of aromatic hydroxyl groups is 1. The first-order valence-electron chi connectivity index (χ1n) is 12.4. The van der Waals surface area contributed by atoms with Gasteiger partial charge in [-0.1, -0.05) is 6.07 Å². The van der Waals surface area contributed by atoms with E-state index in [0.717, 1.165) is 24.3 Å². The Balaban J connectivity index is 1.72. The summed E-state index contributed by atoms with van der Waals surface area (Å²) in [5.74, 6) is -0.963. The van der Waals surface area contributed by atoms with E-state index in [4.69, 9.17) is 11.0 Å². The van der Waals surface area contributed by atoms with E-state index >= 15 is 0 Å². The maximum Gasteiger partial charge on any atom is 0.297 e. The highest BCUT2D eigenvalue weighted by Crippen LogP contribution is 2.45. The molecule has 0 atom stereocenters. The number of benzene rings is 5. The first kappa shape index (κ1) is 32.0. The number of nitrogen functional groups attached to an aromatic ring is 1. The fourth-order valence-corrected chi connectivity index (χ4v) is 6.41. The van der Waals surface area contributed by atoms with Crippen LogP contribution in [0.1, 0.15) is 5.56 Å². The van der Waals surface area contributed by atoms with Crippen molar-refractivity contribution in [2.75, 3.05) is 5.73 Å². The van der Waals surface area contributed by atoms with Gasteiger partial charge in [0, 0.05) is 21.5 Å². The van der Waals surface area contributed by atoms with Crippen molar-refractivity contribution in [1.29, 1.82) is 5.26 Å². The summed E-state index contributed by atoms with van der Waals surface area (Å²) < 4.78 is 102. The number of phenolic OH excluding ortho intramolecular Hbond substituents is 1. The lowest BCUT2D eigenvalue weighted by Gasteiger charge is -2.12. The van der Waals surface area contributed by atoms with Gasteiger partial charge in [-0.2, -0.15) is 35.6 Å². The Morgan fingerprint density at radius 3 is 1.83 bits per heavy atom. The molecule has 0 saturated heterocycles. The van der Waals surface area contributed by atoms with Gasteiger partial charge < -0.3 is 10.8 Å². The highest BCUT2D eigenvalue weighted by Gasteiger charge is 2.27. The average molecular weight is 683 g/mol. The lowest BCUT2D eigenvalue weighted by atomic mass is 10.1. The third-order valence-electron chi connectivity index (χ3n) is 6.52. The number of anilines is 1. The molecule has 46 heavy (non-hydrogen) atoms. The third-order valence-corrected chi connectivity index (χ3v) is 9.21. The van der Waals surface area contributed by atoms with Gasteiger partial charge in [-0.25, -0.2) is 0 Å². The van der Waals surface area contributed by atoms with Gasteiger partial charge in [-0.15, -0.1) is 15.3 Å². The molecule has 0 heterocycles. The number of nitriles is 1. The SMILES string of the molecule is N#Cc1ccc(/N=N/c2ccc(/N=N/c3c(S(=O)(=O)O)cc4c(S(=O)(=O)O)c(N)ccc4c3O)c3cc(S(=O)(=O)O)ccc23)cc1. The molecule has 0 aliphatic rings. The van der Waals surface area contributed by atoms with Crippen LogP contribution >= 0.6 is 0 Å². The van der Waals surface area contributed by atoms with E-state index in [1.807, 2.05) is 6.07 Å². The average Bonchev–Trinajstić information content (AvgIpc) is 2.98. The van der Waals surface area contributed by atoms with E-state index in [1.54, 1.807) is 12.1 Å². The molecule has 234 valence electrons. The van der Waals surface area contributed by atoms with Crippen molar-refractivity contribution in [3.63, 3.8) is 0 Å². The molecular weight excluding hydrogens is 665 g/mol. The Bertz CT molecular complexity index is 2530. The number of hydrogen-bond donors (Lipinski definition) is 5. The zero-order valence-corrected chi connectivity index (χ0v) is 25.2. The van der Waals surface area contributed by atoms with E-state index in [1.165, 1.54) is 30.3 Å². The molecule has 6 N–H and O–H groups in total. The molecule has 0 aliphatic carbocycles. The summed E-state index contributed by atoms with van der Waals surface area (Å²) in [7, 11) is -15.0. The Morgan fingerprint density at radius 2 is 1.24 bits per heavy atom. The van der Waals surface area contributed by atoms with Gasteiger partial charge in [-0.3, -0.25) is 13.7 Å². The van der Waals surface area contributed by atoms with Crippen molar-refractivity contribution in [1.82, 2.24) is 0 Å². The number of nitrogens with zero attached hydrogens (tertiary/aromatic N) is 5. The molecule has 0 saturated carbocycles. The quantitative estimate of drug-likeness (QED) is 0.0782. The maximum absolute atomic E-state index is 12.3. The number of hydrogen-bond acceptors (Lipinski definition) is 13. The van der Waals surface area contributed by atoms with Crippen LogP contribution in [-0.4, -0.2) is 44.0 Å². The van der Waals surface area contributed by atoms with Crippen LogP contribution in [0.5, 0.6) is 5.75 Å². The van der Waals surface area contributed by atoms with Crippen LogP contribution in [0.15, 0.2) is 108 Å². The molecule has 16 nitrogen and oxygen atoms in total. The van der Waals surface area contributed by atoms with E-state index < -0.39 is 67.6 Å². The number of phenols is 1. The maximum atomic E-state index is 12.3. The number of rotatable bonds is 7. The minimum atomic E-state index is -5.23. The zero-order chi connectivity index (χ0) is 33.6. The largest absolute Gasteiger partial charge is 0.505 e. The van der Waals surface area contributed by atoms with Crippen molar-refractivity contribution in [2.24, 2.45) is 20.5 Å². The fourth-order valence-electron chi connectivity index (χ4n) is 4.44. The van der Waals surface area contributed by atoms with Crippen LogP contribution in [0.25, 0.3) is 21.5 Å². The van der Waals surface area contributed by atoms with Gasteiger partial charge >= 0.3 is 0 Å². The number of azo groups is 2. The lowest BCUT2D eigenvalue weighted by molar-refractivity contribution is 0.471. The predicted molar refractivity (Wildman–Crippen MR) is 163 cm³/mol. The molecule has 0 spiro atoms. The molecule has 0 bridgehead atoms. The third kappa shape index (κ3) is 6.24. The van der Waals surface area contributed by atoms with Crippen LogP contribution in [0, 0.1) is 11.3 Å². The molecule has 0 unspecified atom stereocenters. The van der Waals surface area contributed by atoms with Crippen LogP contribution in [0.4, 0.5) is 28.4 Å². The molecular formula is C27H18N6O10S3. The van der Waals surface area contributed by atoms with E-state index in [-0.39, 0.29) is 27.5 Å². The van der Waals surface area contributed by atoms with Gasteiger partial charge in [0.15, 0.2) is 5.75 Å². The monoisotopic (exact) mass is 682 g/mol. The topological polar surface area (TPSA) is 283 Å². The second-order valence-electron chi connectivity index (χ2n) is 9.45. The summed E-state index contributed by atoms with van der Waals surface area (Å²) in [6, 6.07) is 17.0. The summed E-state index contributed by atoms with van der Waals surface area (Å²) in [5, 5.41) is 35.3. The molecule has 0 radical (unpaired) electrons. The summed E-state index contributed by atoms with van der Waals surface area (Å²) in [4.78, 5) is -2.57. The van der Waals surface area contributed by atoms with Crippen molar-refractivity contribution < 1.29 is 44.0 Å². The Hall–Kier alpha value is -5.36. The molecule has 5 rings (SSSR count). The standard InChI is InChI=1S/C27H18N6O10S3/c28-13-14-1-3-15(4-2-14)30-31-22-9-10-23(19-11-16(44(35,36)37)5-6-17(19)22)32-33-25-24(45(38,39)40)12-20-18(26(25)34)7-8-21(29)27(20)46(41,42)43/h1-12,34H,29H2,(H,35,36,37)(H,38,39,40)(H,41,42,43)/b31-30+,33-32+. The molecule has 0 aliphatic heterocycles. The van der Waals surface area contributed by atoms with Crippen LogP contribution in [-0.2, 0) is 30.4 Å². The van der Waals surface area contributed by atoms with Crippen molar-refractivity contribution in [2.45, 2.75) is 14.7 Å². The Kier molecular flexibility index (Phi) is 8.03. The molecule has 5 aromatic carbocycles. The second-order valence-corrected chi connectivity index (χ2v) is 13.6. The van der Waals surface area contributed by atoms with Crippen molar-refractivity contribution >= 4 is 80.3 Å². The fraction of sp³-hybridized carbons (Fsp3) is 0. The van der Waals surface area contributed by atoms with Crippen LogP contribution in [0.3, 0.4) is 0 Å². The smallest absolute Gasteiger partial charge is 0.297 e. The molecule has 0 amide bonds.